The molecule has 2 bridgehead atoms. The van der Waals surface area contributed by atoms with Gasteiger partial charge in [0.1, 0.15) is 0 Å². The van der Waals surface area contributed by atoms with Crippen LogP contribution in [0.2, 0.25) is 0 Å². The van der Waals surface area contributed by atoms with E-state index in [4.69, 9.17) is 0 Å². The molecular formula is C14H24N4. The molecule has 4 heteroatoms. The lowest BCUT2D eigenvalue weighted by Crippen LogP contribution is -2.56. The topological polar surface area (TPSA) is 33.1 Å². The fraction of sp³-hybridized carbons (Fsp3) is 0.786. The number of nitrogens with one attached hydrogen (secondary N) is 1. The Kier molecular flexibility index (Phi) is 3.29. The Balaban J connectivity index is 1.79. The van der Waals surface area contributed by atoms with Crippen molar-refractivity contribution < 1.29 is 0 Å². The fourth-order valence-corrected chi connectivity index (χ4v) is 3.80. The minimum atomic E-state index is 0.714. The maximum absolute atomic E-state index is 4.33. The third kappa shape index (κ3) is 2.14. The van der Waals surface area contributed by atoms with Crippen molar-refractivity contribution in [1.29, 1.82) is 0 Å². The number of fused-ring (bicyclic) bond motifs is 2. The van der Waals surface area contributed by atoms with Crippen molar-refractivity contribution in [2.45, 2.75) is 57.2 Å². The highest BCUT2D eigenvalue weighted by molar-refractivity contribution is 5.46. The Labute approximate surface area is 109 Å². The molecule has 0 saturated carbocycles. The van der Waals surface area contributed by atoms with Crippen molar-refractivity contribution in [3.63, 3.8) is 0 Å². The van der Waals surface area contributed by atoms with Crippen LogP contribution in [0.5, 0.6) is 0 Å². The zero-order chi connectivity index (χ0) is 12.5. The van der Waals surface area contributed by atoms with E-state index < -0.39 is 0 Å². The summed E-state index contributed by atoms with van der Waals surface area (Å²) < 4.78 is 1.92. The summed E-state index contributed by atoms with van der Waals surface area (Å²) >= 11 is 0. The van der Waals surface area contributed by atoms with Gasteiger partial charge in [0.05, 0.1) is 11.9 Å². The molecule has 0 spiro atoms. The SMILES string of the molecule is CCNC1CC2CCCC(C1)N2c1cnn(C)c1. The molecule has 2 saturated heterocycles. The van der Waals surface area contributed by atoms with Gasteiger partial charge in [-0.3, -0.25) is 4.68 Å². The molecule has 100 valence electrons. The Morgan fingerprint density at radius 3 is 2.61 bits per heavy atom. The number of piperidine rings is 2. The molecule has 18 heavy (non-hydrogen) atoms. The maximum atomic E-state index is 4.33. The number of hydrogen-bond acceptors (Lipinski definition) is 3. The first kappa shape index (κ1) is 12.0. The van der Waals surface area contributed by atoms with E-state index >= 15 is 0 Å². The largest absolute Gasteiger partial charge is 0.363 e. The lowest BCUT2D eigenvalue weighted by molar-refractivity contribution is 0.247. The number of aryl methyl sites for hydroxylation is 1. The van der Waals surface area contributed by atoms with Crippen LogP contribution >= 0.6 is 0 Å². The number of aromatic nitrogens is 2. The number of anilines is 1. The van der Waals surface area contributed by atoms with E-state index in [9.17, 15) is 0 Å². The molecule has 0 radical (unpaired) electrons. The first-order chi connectivity index (χ1) is 8.78. The van der Waals surface area contributed by atoms with E-state index in [1.165, 1.54) is 37.8 Å². The van der Waals surface area contributed by atoms with Crippen LogP contribution in [0.1, 0.15) is 39.0 Å². The second kappa shape index (κ2) is 4.92. The average Bonchev–Trinajstić information content (AvgIpc) is 2.75. The first-order valence-electron chi connectivity index (χ1n) is 7.28. The molecule has 0 aromatic carbocycles. The van der Waals surface area contributed by atoms with Crippen LogP contribution in [0.3, 0.4) is 0 Å². The lowest BCUT2D eigenvalue weighted by Gasteiger charge is -2.50. The van der Waals surface area contributed by atoms with Crippen LogP contribution in [0.4, 0.5) is 5.69 Å². The average molecular weight is 248 g/mol. The standard InChI is InChI=1S/C14H24N4/c1-3-15-11-7-12-5-4-6-13(8-11)18(12)14-9-16-17(2)10-14/h9-13,15H,3-8H2,1-2H3. The van der Waals surface area contributed by atoms with Crippen LogP contribution < -0.4 is 10.2 Å². The summed E-state index contributed by atoms with van der Waals surface area (Å²) in [5.74, 6) is 0. The highest BCUT2D eigenvalue weighted by Crippen LogP contribution is 2.37. The lowest BCUT2D eigenvalue weighted by atomic mass is 9.81. The highest BCUT2D eigenvalue weighted by Gasteiger charge is 2.38. The van der Waals surface area contributed by atoms with Gasteiger partial charge in [-0.25, -0.2) is 0 Å². The van der Waals surface area contributed by atoms with Crippen molar-refractivity contribution in [3.8, 4) is 0 Å². The predicted octanol–water partition coefficient (Wildman–Crippen LogP) is 1.92. The summed E-state index contributed by atoms with van der Waals surface area (Å²) in [5.41, 5.74) is 1.32. The van der Waals surface area contributed by atoms with Crippen LogP contribution in [-0.4, -0.2) is 34.5 Å². The third-order valence-electron chi connectivity index (χ3n) is 4.46. The van der Waals surface area contributed by atoms with Gasteiger partial charge in [0.15, 0.2) is 0 Å². The monoisotopic (exact) mass is 248 g/mol. The van der Waals surface area contributed by atoms with E-state index in [1.54, 1.807) is 0 Å². The third-order valence-corrected chi connectivity index (χ3v) is 4.46. The zero-order valence-corrected chi connectivity index (χ0v) is 11.5. The van der Waals surface area contributed by atoms with Crippen LogP contribution in [-0.2, 0) is 7.05 Å². The van der Waals surface area contributed by atoms with Crippen LogP contribution in [0, 0.1) is 0 Å². The van der Waals surface area contributed by atoms with E-state index in [-0.39, 0.29) is 0 Å². The Bertz CT molecular complexity index is 386. The van der Waals surface area contributed by atoms with Crippen molar-refractivity contribution in [1.82, 2.24) is 15.1 Å². The van der Waals surface area contributed by atoms with E-state index in [0.717, 1.165) is 12.6 Å². The normalized spacial score (nSPS) is 31.7. The van der Waals surface area contributed by atoms with Gasteiger partial charge in [0, 0.05) is 31.4 Å². The maximum Gasteiger partial charge on any atom is 0.0757 e. The molecule has 3 rings (SSSR count). The predicted molar refractivity (Wildman–Crippen MR) is 73.8 cm³/mol. The van der Waals surface area contributed by atoms with Gasteiger partial charge in [-0.05, 0) is 38.6 Å². The second-order valence-corrected chi connectivity index (χ2v) is 5.74. The van der Waals surface area contributed by atoms with Crippen LogP contribution in [0.15, 0.2) is 12.4 Å². The Morgan fingerprint density at radius 1 is 1.33 bits per heavy atom. The van der Waals surface area contributed by atoms with Gasteiger partial charge >= 0.3 is 0 Å². The minimum Gasteiger partial charge on any atom is -0.363 e. The van der Waals surface area contributed by atoms with Gasteiger partial charge in [0.2, 0.25) is 0 Å². The van der Waals surface area contributed by atoms with Gasteiger partial charge in [-0.1, -0.05) is 6.92 Å². The number of nitrogens with zero attached hydrogens (tertiary/aromatic N) is 3. The van der Waals surface area contributed by atoms with Crippen LogP contribution in [0.25, 0.3) is 0 Å². The quantitative estimate of drug-likeness (QED) is 0.887. The molecule has 0 amide bonds. The molecule has 2 fully saturated rings. The molecule has 2 aliphatic heterocycles. The molecule has 4 nitrogen and oxygen atoms in total. The van der Waals surface area contributed by atoms with E-state index in [1.807, 2.05) is 17.9 Å². The van der Waals surface area contributed by atoms with E-state index in [2.05, 4.69) is 28.4 Å². The van der Waals surface area contributed by atoms with Crippen molar-refractivity contribution in [2.75, 3.05) is 11.4 Å². The number of hydrogen-bond donors (Lipinski definition) is 1. The molecule has 1 aromatic heterocycles. The highest BCUT2D eigenvalue weighted by atomic mass is 15.3. The summed E-state index contributed by atoms with van der Waals surface area (Å²) in [6, 6.07) is 2.15. The molecule has 1 N–H and O–H groups in total. The Hall–Kier alpha value is -1.03. The van der Waals surface area contributed by atoms with Gasteiger partial charge < -0.3 is 10.2 Å². The van der Waals surface area contributed by atoms with E-state index in [0.29, 0.717) is 12.1 Å². The molecule has 1 aromatic rings. The summed E-state index contributed by atoms with van der Waals surface area (Å²) in [4.78, 5) is 2.64. The summed E-state index contributed by atoms with van der Waals surface area (Å²) in [6.07, 6.45) is 10.8. The molecule has 2 aliphatic rings. The fourth-order valence-electron chi connectivity index (χ4n) is 3.80. The van der Waals surface area contributed by atoms with Crippen molar-refractivity contribution >= 4 is 5.69 Å². The summed E-state index contributed by atoms with van der Waals surface area (Å²) in [6.45, 7) is 3.31. The minimum absolute atomic E-state index is 0.714. The van der Waals surface area contributed by atoms with Crippen molar-refractivity contribution in [2.24, 2.45) is 7.05 Å². The summed E-state index contributed by atoms with van der Waals surface area (Å²) in [7, 11) is 2.00. The van der Waals surface area contributed by atoms with Gasteiger partial charge in [0.25, 0.3) is 0 Å². The zero-order valence-electron chi connectivity index (χ0n) is 11.5. The first-order valence-corrected chi connectivity index (χ1v) is 7.28. The molecule has 2 unspecified atom stereocenters. The number of rotatable bonds is 3. The Morgan fingerprint density at radius 2 is 2.06 bits per heavy atom. The second-order valence-electron chi connectivity index (χ2n) is 5.74. The molecule has 3 heterocycles. The molecular weight excluding hydrogens is 224 g/mol. The molecule has 0 aliphatic carbocycles. The molecule has 2 atom stereocenters. The summed E-state index contributed by atoms with van der Waals surface area (Å²) in [5, 5.41) is 7.98. The van der Waals surface area contributed by atoms with Gasteiger partial charge in [-0.2, -0.15) is 5.10 Å². The van der Waals surface area contributed by atoms with Gasteiger partial charge in [-0.15, -0.1) is 0 Å². The smallest absolute Gasteiger partial charge is 0.0757 e. The van der Waals surface area contributed by atoms with Crippen molar-refractivity contribution in [3.05, 3.63) is 12.4 Å².